The molecular weight excluding hydrogens is 724 g/mol. The lowest BCUT2D eigenvalue weighted by molar-refractivity contribution is -0.153. The molecule has 16 nitrogen and oxygen atoms in total. The number of aromatic hydroxyl groups is 1. The van der Waals surface area contributed by atoms with Gasteiger partial charge in [0.2, 0.25) is 35.4 Å². The van der Waals surface area contributed by atoms with Gasteiger partial charge in [0, 0.05) is 34.0 Å². The smallest absolute Gasteiger partial charge is 0.248 e. The maximum absolute atomic E-state index is 14.6. The first-order valence-electron chi connectivity index (χ1n) is 18.1. The number of carbonyl (C=O) groups excluding carboxylic acids is 6. The Morgan fingerprint density at radius 3 is 1.93 bits per heavy atom. The predicted octanol–water partition coefficient (Wildman–Crippen LogP) is 1.03. The summed E-state index contributed by atoms with van der Waals surface area (Å²) in [4.78, 5) is 87.5. The lowest BCUT2D eigenvalue weighted by Crippen LogP contribution is -2.62. The average Bonchev–Trinajstić information content (AvgIpc) is 3.18. The number of hydrogen-bond donors (Lipinski definition) is 5. The molecule has 3 aromatic rings. The van der Waals surface area contributed by atoms with E-state index in [4.69, 9.17) is 9.47 Å². The van der Waals surface area contributed by atoms with Crippen molar-refractivity contribution in [2.45, 2.75) is 76.0 Å². The number of phenolic OH excluding ortho intramolecular Hbond substituents is 1. The van der Waals surface area contributed by atoms with Crippen molar-refractivity contribution < 1.29 is 48.5 Å². The Bertz CT molecular complexity index is 1970. The van der Waals surface area contributed by atoms with Crippen LogP contribution in [0.1, 0.15) is 43.6 Å². The number of methoxy groups -OCH3 is 1. The van der Waals surface area contributed by atoms with Gasteiger partial charge in [-0.25, -0.2) is 0 Å². The van der Waals surface area contributed by atoms with Gasteiger partial charge in [0.05, 0.1) is 7.11 Å². The highest BCUT2D eigenvalue weighted by atomic mass is 16.5. The third kappa shape index (κ3) is 8.86. The molecule has 0 unspecified atom stereocenters. The molecule has 0 aliphatic carbocycles. The highest BCUT2D eigenvalue weighted by molar-refractivity contribution is 5.98. The number of benzene rings is 3. The highest BCUT2D eigenvalue weighted by Gasteiger charge is 2.42. The minimum Gasteiger partial charge on any atom is -0.504 e. The van der Waals surface area contributed by atoms with Gasteiger partial charge in [-0.2, -0.15) is 0 Å². The van der Waals surface area contributed by atoms with Gasteiger partial charge in [-0.3, -0.25) is 28.8 Å². The second-order valence-electron chi connectivity index (χ2n) is 14.2. The zero-order valence-corrected chi connectivity index (χ0v) is 32.3. The number of hydrogen-bond acceptors (Lipinski definition) is 10. The number of amides is 6. The minimum atomic E-state index is -1.64. The van der Waals surface area contributed by atoms with Crippen LogP contribution in [0.5, 0.6) is 23.0 Å². The molecule has 3 heterocycles. The van der Waals surface area contributed by atoms with E-state index in [-0.39, 0.29) is 29.9 Å². The van der Waals surface area contributed by atoms with Crippen LogP contribution in [0, 0.1) is 0 Å². The maximum Gasteiger partial charge on any atom is 0.248 e. The second-order valence-corrected chi connectivity index (χ2v) is 14.2. The van der Waals surface area contributed by atoms with Crippen molar-refractivity contribution in [1.82, 2.24) is 30.7 Å². The van der Waals surface area contributed by atoms with Crippen LogP contribution in [-0.2, 0) is 41.6 Å². The van der Waals surface area contributed by atoms with Gasteiger partial charge in [-0.1, -0.05) is 30.3 Å². The molecule has 1 saturated heterocycles. The molecule has 0 spiro atoms. The molecule has 16 heteroatoms. The van der Waals surface area contributed by atoms with Crippen molar-refractivity contribution in [3.05, 3.63) is 83.4 Å². The van der Waals surface area contributed by atoms with E-state index < -0.39 is 77.8 Å². The van der Waals surface area contributed by atoms with E-state index in [1.165, 1.54) is 90.3 Å². The van der Waals surface area contributed by atoms with Gasteiger partial charge in [0.15, 0.2) is 11.5 Å². The summed E-state index contributed by atoms with van der Waals surface area (Å²) in [5.41, 5.74) is 1.36. The first kappa shape index (κ1) is 41.0. The molecule has 0 aromatic heterocycles. The Kier molecular flexibility index (Phi) is 12.5. The molecule has 5 N–H and O–H groups in total. The molecule has 298 valence electrons. The number of nitrogens with one attached hydrogen (secondary N) is 3. The number of nitrogens with zero attached hydrogens (tertiary/aromatic N) is 3. The number of aliphatic hydroxyl groups is 1. The molecule has 0 radical (unpaired) electrons. The molecule has 6 rings (SSSR count). The topological polar surface area (TPSA) is 207 Å². The van der Waals surface area contributed by atoms with Crippen molar-refractivity contribution in [2.24, 2.45) is 0 Å². The van der Waals surface area contributed by atoms with E-state index in [9.17, 15) is 39.0 Å². The Balaban J connectivity index is 1.60. The fraction of sp³-hybridized carbons (Fsp3) is 0.400. The normalized spacial score (nSPS) is 25.7. The second kappa shape index (κ2) is 17.1. The summed E-state index contributed by atoms with van der Waals surface area (Å²) in [6.45, 7) is 4.27. The number of rotatable bonds is 3. The van der Waals surface area contributed by atoms with Gasteiger partial charge >= 0.3 is 0 Å². The fourth-order valence-corrected chi connectivity index (χ4v) is 6.75. The average molecular weight is 773 g/mol. The third-order valence-corrected chi connectivity index (χ3v) is 10.3. The molecule has 3 aliphatic heterocycles. The van der Waals surface area contributed by atoms with E-state index in [1.54, 1.807) is 30.3 Å². The summed E-state index contributed by atoms with van der Waals surface area (Å²) in [6, 6.07) is 9.63. The number of carbonyl (C=O) groups is 6. The number of phenols is 1. The fourth-order valence-electron chi connectivity index (χ4n) is 6.75. The van der Waals surface area contributed by atoms with Crippen molar-refractivity contribution in [1.29, 1.82) is 0 Å². The van der Waals surface area contributed by atoms with Crippen LogP contribution in [-0.4, -0.2) is 125 Å². The molecule has 56 heavy (non-hydrogen) atoms. The van der Waals surface area contributed by atoms with Crippen LogP contribution in [0.4, 0.5) is 0 Å². The van der Waals surface area contributed by atoms with Crippen LogP contribution >= 0.6 is 0 Å². The van der Waals surface area contributed by atoms with Crippen molar-refractivity contribution in [3.63, 3.8) is 0 Å². The number of aliphatic hydroxyl groups excluding tert-OH is 1. The van der Waals surface area contributed by atoms with Gasteiger partial charge in [-0.15, -0.1) is 0 Å². The van der Waals surface area contributed by atoms with Crippen molar-refractivity contribution in [3.8, 4) is 23.0 Å². The molecule has 3 aliphatic rings. The zero-order chi connectivity index (χ0) is 41.0. The lowest BCUT2D eigenvalue weighted by atomic mass is 9.96. The summed E-state index contributed by atoms with van der Waals surface area (Å²) < 4.78 is 11.2. The molecular formula is C40H48N6O10. The Labute approximate surface area is 324 Å². The van der Waals surface area contributed by atoms with Gasteiger partial charge in [0.1, 0.15) is 53.9 Å². The van der Waals surface area contributed by atoms with E-state index in [1.807, 2.05) is 0 Å². The van der Waals surface area contributed by atoms with Crippen molar-refractivity contribution >= 4 is 35.4 Å². The largest absolute Gasteiger partial charge is 0.504 e. The van der Waals surface area contributed by atoms with Crippen LogP contribution < -0.4 is 25.4 Å². The summed E-state index contributed by atoms with van der Waals surface area (Å²) in [7, 11) is 5.57. The van der Waals surface area contributed by atoms with Crippen LogP contribution in [0.15, 0.2) is 66.7 Å². The summed E-state index contributed by atoms with van der Waals surface area (Å²) >= 11 is 0. The van der Waals surface area contributed by atoms with Crippen LogP contribution in [0.25, 0.3) is 0 Å². The van der Waals surface area contributed by atoms with Crippen LogP contribution in [0.2, 0.25) is 0 Å². The first-order valence-corrected chi connectivity index (χ1v) is 18.1. The summed E-state index contributed by atoms with van der Waals surface area (Å²) in [6.07, 6.45) is -1.76. The summed E-state index contributed by atoms with van der Waals surface area (Å²) in [5.74, 6) is -3.58. The Morgan fingerprint density at radius 2 is 1.30 bits per heavy atom. The minimum absolute atomic E-state index is 0.0240. The molecule has 3 aromatic carbocycles. The third-order valence-electron chi connectivity index (χ3n) is 10.3. The number of ether oxygens (including phenoxy) is 2. The van der Waals surface area contributed by atoms with E-state index in [2.05, 4.69) is 16.0 Å². The van der Waals surface area contributed by atoms with Gasteiger partial charge in [0.25, 0.3) is 0 Å². The Hall–Kier alpha value is -6.16. The van der Waals surface area contributed by atoms with E-state index in [0.29, 0.717) is 22.6 Å². The van der Waals surface area contributed by atoms with Gasteiger partial charge in [-0.05, 0) is 73.9 Å². The Morgan fingerprint density at radius 1 is 0.714 bits per heavy atom. The van der Waals surface area contributed by atoms with Gasteiger partial charge < -0.3 is 50.3 Å². The highest BCUT2D eigenvalue weighted by Crippen LogP contribution is 2.34. The molecule has 6 amide bonds. The molecule has 0 saturated carbocycles. The lowest BCUT2D eigenvalue weighted by Gasteiger charge is -2.38. The van der Waals surface area contributed by atoms with Crippen LogP contribution in [0.3, 0.4) is 0 Å². The first-order chi connectivity index (χ1) is 26.5. The summed E-state index contributed by atoms with van der Waals surface area (Å²) in [5, 5.41) is 30.3. The monoisotopic (exact) mass is 772 g/mol. The SMILES string of the molecule is COc1ccc(C[C@H]2C(=O)N[C@@H](C)C(=O)N(C)[C@@H]3C(=O)N(C)[C@@H](Cc4ccc(O)c(c4)Oc4ccc(cc4)[C@@H]3O)C(=O)N[C@H](C)C(=O)N[C@@H](C)C(=O)N2C)cc1. The predicted molar refractivity (Wildman–Crippen MR) is 202 cm³/mol. The molecule has 6 bridgehead atoms. The van der Waals surface area contributed by atoms with E-state index in [0.717, 1.165) is 9.80 Å². The standard InChI is InChI=1S/C40H48N6O10/c1-21-35(49)42-22(2)38(52)44(4)29(18-24-8-13-27(55-7)14-9-24)37(51)43-23(3)39(53)46(6)33-34(48)26-11-15-28(16-12-26)56-32-20-25(10-17-31(32)47)19-30(36(50)41-21)45(5)40(33)54/h8-17,20-23,29-30,33-34,47-48H,18-19H2,1-7H3,(H,41,50)(H,42,49)(H,43,51)/t21-,22+,23+,29+,30+,33+,34+/m1/s1. The molecule has 1 fully saturated rings. The van der Waals surface area contributed by atoms with Crippen molar-refractivity contribution in [2.75, 3.05) is 28.3 Å². The zero-order valence-electron chi connectivity index (χ0n) is 32.3. The maximum atomic E-state index is 14.6. The quantitative estimate of drug-likeness (QED) is 0.256. The number of fused-ring (bicyclic) bond motifs is 2. The molecule has 7 atom stereocenters. The number of likely N-dealkylation sites (N-methyl/N-ethyl adjacent to an activating group) is 3. The van der Waals surface area contributed by atoms with E-state index >= 15 is 0 Å².